The molecule has 1 aromatic carbocycles. The molecule has 0 aliphatic carbocycles. The van der Waals surface area contributed by atoms with Gasteiger partial charge in [-0.05, 0) is 42.7 Å². The Morgan fingerprint density at radius 1 is 1.21 bits per heavy atom. The highest BCUT2D eigenvalue weighted by Gasteiger charge is 2.31. The SMILES string of the molecule is COCCN(Cc1ccc(C#N)cc1)C(=O)C1CCN(c2oc(-c3ccco3)nc2C#N)CC1. The number of benzene rings is 1. The van der Waals surface area contributed by atoms with E-state index in [1.165, 1.54) is 6.26 Å². The first-order chi connectivity index (χ1) is 16.6. The largest absolute Gasteiger partial charge is 0.459 e. The number of nitriles is 2. The summed E-state index contributed by atoms with van der Waals surface area (Å²) in [5.41, 5.74) is 1.76. The normalized spacial score (nSPS) is 13.9. The highest BCUT2D eigenvalue weighted by molar-refractivity contribution is 5.79. The number of carbonyl (C=O) groups is 1. The number of hydrogen-bond acceptors (Lipinski definition) is 8. The molecule has 0 radical (unpaired) electrons. The van der Waals surface area contributed by atoms with Crippen LogP contribution in [0.2, 0.25) is 0 Å². The lowest BCUT2D eigenvalue weighted by molar-refractivity contribution is -0.137. The van der Waals surface area contributed by atoms with Gasteiger partial charge in [0, 0.05) is 39.2 Å². The molecule has 3 heterocycles. The lowest BCUT2D eigenvalue weighted by atomic mass is 9.95. The summed E-state index contributed by atoms with van der Waals surface area (Å²) in [4.78, 5) is 21.4. The van der Waals surface area contributed by atoms with E-state index >= 15 is 0 Å². The number of amides is 1. The maximum atomic E-state index is 13.4. The molecular weight excluding hydrogens is 434 g/mol. The van der Waals surface area contributed by atoms with Crippen molar-refractivity contribution in [1.29, 1.82) is 10.5 Å². The molecule has 174 valence electrons. The second kappa shape index (κ2) is 10.7. The predicted molar refractivity (Wildman–Crippen MR) is 122 cm³/mol. The number of oxazole rings is 1. The van der Waals surface area contributed by atoms with Crippen LogP contribution in [0.3, 0.4) is 0 Å². The molecule has 1 saturated heterocycles. The van der Waals surface area contributed by atoms with E-state index in [1.807, 2.05) is 21.9 Å². The molecule has 9 heteroatoms. The van der Waals surface area contributed by atoms with E-state index in [0.717, 1.165) is 5.56 Å². The molecule has 1 amide bonds. The minimum absolute atomic E-state index is 0.0791. The van der Waals surface area contributed by atoms with Crippen LogP contribution in [-0.4, -0.2) is 49.1 Å². The Labute approximate surface area is 197 Å². The molecular formula is C25H25N5O4. The zero-order valence-electron chi connectivity index (χ0n) is 18.9. The molecule has 1 aliphatic rings. The van der Waals surface area contributed by atoms with Crippen molar-refractivity contribution in [2.24, 2.45) is 5.92 Å². The molecule has 0 atom stereocenters. The topological polar surface area (TPSA) is 120 Å². The van der Waals surface area contributed by atoms with Gasteiger partial charge in [-0.1, -0.05) is 12.1 Å². The van der Waals surface area contributed by atoms with Crippen molar-refractivity contribution >= 4 is 11.8 Å². The molecule has 0 bridgehead atoms. The van der Waals surface area contributed by atoms with Crippen molar-refractivity contribution in [3.63, 3.8) is 0 Å². The first kappa shape index (κ1) is 23.1. The van der Waals surface area contributed by atoms with Crippen LogP contribution in [0.25, 0.3) is 11.7 Å². The lowest BCUT2D eigenvalue weighted by Crippen LogP contribution is -2.43. The third-order valence-corrected chi connectivity index (χ3v) is 5.91. The van der Waals surface area contributed by atoms with Gasteiger partial charge in [-0.15, -0.1) is 0 Å². The number of methoxy groups -OCH3 is 1. The minimum atomic E-state index is -0.135. The summed E-state index contributed by atoms with van der Waals surface area (Å²) in [6, 6.07) is 14.9. The average Bonchev–Trinajstić information content (AvgIpc) is 3.57. The summed E-state index contributed by atoms with van der Waals surface area (Å²) in [5.74, 6) is 1.08. The van der Waals surface area contributed by atoms with Crippen LogP contribution < -0.4 is 4.90 Å². The molecule has 3 aromatic rings. The Kier molecular flexibility index (Phi) is 7.26. The summed E-state index contributed by atoms with van der Waals surface area (Å²) >= 11 is 0. The highest BCUT2D eigenvalue weighted by atomic mass is 16.5. The second-order valence-electron chi connectivity index (χ2n) is 8.08. The van der Waals surface area contributed by atoms with Crippen molar-refractivity contribution in [3.05, 3.63) is 59.5 Å². The standard InChI is InChI=1S/C25H25N5O4/c1-32-14-12-30(17-19-6-4-18(15-26)5-7-19)24(31)20-8-10-29(11-9-20)25-21(16-27)28-23(34-25)22-3-2-13-33-22/h2-7,13,20H,8-12,14,17H2,1H3. The van der Waals surface area contributed by atoms with Gasteiger partial charge in [0.1, 0.15) is 6.07 Å². The number of furan rings is 1. The van der Waals surface area contributed by atoms with Crippen molar-refractivity contribution in [3.8, 4) is 23.8 Å². The van der Waals surface area contributed by atoms with Crippen LogP contribution in [0.5, 0.6) is 0 Å². The van der Waals surface area contributed by atoms with Gasteiger partial charge < -0.3 is 23.4 Å². The van der Waals surface area contributed by atoms with Gasteiger partial charge in [0.2, 0.25) is 17.5 Å². The number of anilines is 1. The zero-order chi connectivity index (χ0) is 23.9. The molecule has 0 saturated carbocycles. The monoisotopic (exact) mass is 459 g/mol. The number of aromatic nitrogens is 1. The lowest BCUT2D eigenvalue weighted by Gasteiger charge is -2.34. The van der Waals surface area contributed by atoms with Crippen molar-refractivity contribution in [2.45, 2.75) is 19.4 Å². The van der Waals surface area contributed by atoms with E-state index in [1.54, 1.807) is 31.4 Å². The van der Waals surface area contributed by atoms with Crippen LogP contribution in [-0.2, 0) is 16.1 Å². The van der Waals surface area contributed by atoms with Crippen LogP contribution in [0.1, 0.15) is 29.7 Å². The number of rotatable bonds is 8. The maximum Gasteiger partial charge on any atom is 0.266 e. The van der Waals surface area contributed by atoms with E-state index in [0.29, 0.717) is 62.8 Å². The molecule has 0 spiro atoms. The quantitative estimate of drug-likeness (QED) is 0.501. The fourth-order valence-electron chi connectivity index (χ4n) is 4.07. The molecule has 0 N–H and O–H groups in total. The number of nitrogens with zero attached hydrogens (tertiary/aromatic N) is 5. The molecule has 2 aromatic heterocycles. The molecule has 4 rings (SSSR count). The highest BCUT2D eigenvalue weighted by Crippen LogP contribution is 2.31. The van der Waals surface area contributed by atoms with Gasteiger partial charge in [-0.2, -0.15) is 15.5 Å². The Bertz CT molecular complexity index is 1180. The summed E-state index contributed by atoms with van der Waals surface area (Å²) in [5, 5.41) is 18.5. The van der Waals surface area contributed by atoms with E-state index in [2.05, 4.69) is 17.1 Å². The Balaban J connectivity index is 1.42. The van der Waals surface area contributed by atoms with Gasteiger partial charge >= 0.3 is 0 Å². The van der Waals surface area contributed by atoms with Gasteiger partial charge in [0.15, 0.2) is 5.76 Å². The minimum Gasteiger partial charge on any atom is -0.459 e. The number of hydrogen-bond donors (Lipinski definition) is 0. The summed E-state index contributed by atoms with van der Waals surface area (Å²) in [6.07, 6.45) is 2.80. The fraction of sp³-hybridized carbons (Fsp3) is 0.360. The van der Waals surface area contributed by atoms with Crippen LogP contribution in [0.15, 0.2) is 51.5 Å². The second-order valence-corrected chi connectivity index (χ2v) is 8.08. The first-order valence-corrected chi connectivity index (χ1v) is 11.1. The molecule has 1 fully saturated rings. The molecule has 9 nitrogen and oxygen atoms in total. The van der Waals surface area contributed by atoms with Crippen LogP contribution in [0, 0.1) is 28.6 Å². The Morgan fingerprint density at radius 2 is 1.97 bits per heavy atom. The predicted octanol–water partition coefficient (Wildman–Crippen LogP) is 3.57. The van der Waals surface area contributed by atoms with Gasteiger partial charge in [0.25, 0.3) is 5.89 Å². The first-order valence-electron chi connectivity index (χ1n) is 11.1. The van der Waals surface area contributed by atoms with Crippen molar-refractivity contribution < 1.29 is 18.4 Å². The third-order valence-electron chi connectivity index (χ3n) is 5.91. The van der Waals surface area contributed by atoms with E-state index in [9.17, 15) is 10.1 Å². The van der Waals surface area contributed by atoms with Crippen molar-refractivity contribution in [2.75, 3.05) is 38.3 Å². The number of ether oxygens (including phenoxy) is 1. The van der Waals surface area contributed by atoms with Gasteiger partial charge in [-0.25, -0.2) is 0 Å². The summed E-state index contributed by atoms with van der Waals surface area (Å²) < 4.78 is 16.4. The average molecular weight is 460 g/mol. The van der Waals surface area contributed by atoms with E-state index in [-0.39, 0.29) is 23.4 Å². The Morgan fingerprint density at radius 3 is 2.59 bits per heavy atom. The number of carbonyl (C=O) groups excluding carboxylic acids is 1. The third kappa shape index (κ3) is 5.11. The van der Waals surface area contributed by atoms with Crippen LogP contribution in [0.4, 0.5) is 5.88 Å². The van der Waals surface area contributed by atoms with Gasteiger partial charge in [0.05, 0.1) is 24.5 Å². The maximum absolute atomic E-state index is 13.4. The van der Waals surface area contributed by atoms with E-state index < -0.39 is 0 Å². The summed E-state index contributed by atoms with van der Waals surface area (Å²) in [6.45, 7) is 2.55. The van der Waals surface area contributed by atoms with Crippen molar-refractivity contribution in [1.82, 2.24) is 9.88 Å². The van der Waals surface area contributed by atoms with Gasteiger partial charge in [-0.3, -0.25) is 4.79 Å². The van der Waals surface area contributed by atoms with Crippen LogP contribution >= 0.6 is 0 Å². The molecule has 1 aliphatic heterocycles. The molecule has 34 heavy (non-hydrogen) atoms. The number of piperidine rings is 1. The smallest absolute Gasteiger partial charge is 0.266 e. The summed E-state index contributed by atoms with van der Waals surface area (Å²) in [7, 11) is 1.62. The Hall–Kier alpha value is -4.08. The fourth-order valence-corrected chi connectivity index (χ4v) is 4.07. The molecule has 0 unspecified atom stereocenters. The van der Waals surface area contributed by atoms with E-state index in [4.69, 9.17) is 18.8 Å². The zero-order valence-corrected chi connectivity index (χ0v) is 18.9.